The molecule has 1 saturated carbocycles. The van der Waals surface area contributed by atoms with Gasteiger partial charge in [0.25, 0.3) is 0 Å². The largest absolute Gasteiger partial charge is 0.282 e. The summed E-state index contributed by atoms with van der Waals surface area (Å²) in [6.45, 7) is 4.48. The molecule has 16 heavy (non-hydrogen) atoms. The molecule has 0 amide bonds. The molecule has 86 valence electrons. The van der Waals surface area contributed by atoms with Gasteiger partial charge in [-0.1, -0.05) is 25.1 Å². The summed E-state index contributed by atoms with van der Waals surface area (Å²) in [4.78, 5) is 4.85. The molecule has 2 rings (SSSR count). The first kappa shape index (κ1) is 11.4. The summed E-state index contributed by atoms with van der Waals surface area (Å²) in [5.41, 5.74) is 1.29. The third-order valence-electron chi connectivity index (χ3n) is 3.43. The van der Waals surface area contributed by atoms with Gasteiger partial charge in [0.15, 0.2) is 0 Å². The molecule has 0 aromatic heterocycles. The van der Waals surface area contributed by atoms with E-state index in [2.05, 4.69) is 44.2 Å². The van der Waals surface area contributed by atoms with Gasteiger partial charge in [-0.2, -0.15) is 0 Å². The van der Waals surface area contributed by atoms with Gasteiger partial charge in [-0.05, 0) is 56.2 Å². The minimum atomic E-state index is 0.554. The maximum atomic E-state index is 4.85. The van der Waals surface area contributed by atoms with Crippen molar-refractivity contribution in [1.82, 2.24) is 0 Å². The van der Waals surface area contributed by atoms with Crippen LogP contribution in [0.2, 0.25) is 0 Å². The van der Waals surface area contributed by atoms with Gasteiger partial charge in [-0.3, -0.25) is 4.99 Å². The van der Waals surface area contributed by atoms with Crippen molar-refractivity contribution in [3.63, 3.8) is 0 Å². The molecule has 1 aliphatic rings. The van der Waals surface area contributed by atoms with Crippen molar-refractivity contribution in [3.05, 3.63) is 41.3 Å². The lowest BCUT2D eigenvalue weighted by Crippen LogP contribution is -2.18. The molecule has 1 aliphatic carbocycles. The van der Waals surface area contributed by atoms with Crippen molar-refractivity contribution in [3.8, 4) is 0 Å². The Morgan fingerprint density at radius 3 is 2.50 bits per heavy atom. The monoisotopic (exact) mass is 215 g/mol. The van der Waals surface area contributed by atoms with Crippen molar-refractivity contribution in [2.75, 3.05) is 0 Å². The van der Waals surface area contributed by atoms with Crippen LogP contribution in [-0.2, 0) is 0 Å². The highest BCUT2D eigenvalue weighted by Gasteiger charge is 2.16. The van der Waals surface area contributed by atoms with Crippen molar-refractivity contribution in [2.45, 2.75) is 45.6 Å². The number of aryl methyl sites for hydroxylation is 1. The van der Waals surface area contributed by atoms with E-state index < -0.39 is 0 Å². The molecule has 0 radical (unpaired) electrons. The molecule has 1 aromatic rings. The topological polar surface area (TPSA) is 12.4 Å². The zero-order valence-electron chi connectivity index (χ0n) is 10.3. The molecule has 0 N–H and O–H groups in total. The molecular weight excluding hydrogens is 194 g/mol. The summed E-state index contributed by atoms with van der Waals surface area (Å²) in [7, 11) is 0. The second-order valence-electron chi connectivity index (χ2n) is 5.07. The Morgan fingerprint density at radius 1 is 1.06 bits per heavy atom. The van der Waals surface area contributed by atoms with E-state index in [0.29, 0.717) is 6.04 Å². The lowest BCUT2D eigenvalue weighted by molar-refractivity contribution is 0.346. The highest BCUT2D eigenvalue weighted by molar-refractivity contribution is 5.11. The van der Waals surface area contributed by atoms with Crippen LogP contribution in [0.4, 0.5) is 0 Å². The van der Waals surface area contributed by atoms with E-state index in [1.807, 2.05) is 0 Å². The minimum absolute atomic E-state index is 0.554. The van der Waals surface area contributed by atoms with Gasteiger partial charge in [0.05, 0.1) is 11.4 Å². The standard InChI is InChI=1S/C15H21N/c1-12-7-9-14(10-8-12)16-15-6-4-3-5-13(2)11-15/h3-6,11-12,14H,7-10H2,1-2H3. The minimum Gasteiger partial charge on any atom is -0.282 e. The van der Waals surface area contributed by atoms with Gasteiger partial charge >= 0.3 is 0 Å². The Kier molecular flexibility index (Phi) is 3.76. The molecule has 0 atom stereocenters. The van der Waals surface area contributed by atoms with Gasteiger partial charge < -0.3 is 0 Å². The Labute approximate surface area is 98.3 Å². The highest BCUT2D eigenvalue weighted by atomic mass is 14.8. The number of nitrogens with zero attached hydrogens (tertiary/aromatic N) is 1. The van der Waals surface area contributed by atoms with E-state index in [1.54, 1.807) is 0 Å². The first-order valence-corrected chi connectivity index (χ1v) is 6.35. The molecule has 1 heteroatoms. The van der Waals surface area contributed by atoms with Crippen LogP contribution in [0.3, 0.4) is 0 Å². The fourth-order valence-electron chi connectivity index (χ4n) is 2.35. The van der Waals surface area contributed by atoms with Crippen LogP contribution < -0.4 is 5.36 Å². The summed E-state index contributed by atoms with van der Waals surface area (Å²) >= 11 is 0. The van der Waals surface area contributed by atoms with Crippen LogP contribution in [0.1, 0.15) is 38.2 Å². The summed E-state index contributed by atoms with van der Waals surface area (Å²) in [5, 5.41) is 1.14. The second kappa shape index (κ2) is 5.29. The third kappa shape index (κ3) is 3.19. The van der Waals surface area contributed by atoms with Crippen molar-refractivity contribution >= 4 is 0 Å². The summed E-state index contributed by atoms with van der Waals surface area (Å²) in [6.07, 6.45) is 5.20. The van der Waals surface area contributed by atoms with E-state index in [-0.39, 0.29) is 0 Å². The molecule has 0 bridgehead atoms. The smallest absolute Gasteiger partial charge is 0.0580 e. The lowest BCUT2D eigenvalue weighted by Gasteiger charge is -2.22. The summed E-state index contributed by atoms with van der Waals surface area (Å²) < 4.78 is 0. The van der Waals surface area contributed by atoms with E-state index in [9.17, 15) is 0 Å². The Bertz CT molecular complexity index is 400. The van der Waals surface area contributed by atoms with Crippen LogP contribution in [0, 0.1) is 12.8 Å². The Hall–Kier alpha value is -1.11. The SMILES string of the molecule is Cc1ccccc(=NC2CCC(C)CC2)c1. The fraction of sp³-hybridized carbons (Fsp3) is 0.533. The molecule has 0 aliphatic heterocycles. The highest BCUT2D eigenvalue weighted by Crippen LogP contribution is 2.25. The molecular formula is C15H21N. The molecule has 1 nitrogen and oxygen atoms in total. The number of rotatable bonds is 1. The number of hydrogen-bond donors (Lipinski definition) is 0. The van der Waals surface area contributed by atoms with Gasteiger partial charge in [0.2, 0.25) is 0 Å². The quantitative estimate of drug-likeness (QED) is 0.680. The predicted molar refractivity (Wildman–Crippen MR) is 68.2 cm³/mol. The van der Waals surface area contributed by atoms with Crippen molar-refractivity contribution in [2.24, 2.45) is 10.9 Å². The maximum absolute atomic E-state index is 4.85. The van der Waals surface area contributed by atoms with Crippen LogP contribution in [0.5, 0.6) is 0 Å². The molecule has 0 heterocycles. The molecule has 1 aromatic carbocycles. The van der Waals surface area contributed by atoms with Crippen molar-refractivity contribution < 1.29 is 0 Å². The summed E-state index contributed by atoms with van der Waals surface area (Å²) in [5.74, 6) is 0.903. The molecule has 0 unspecified atom stereocenters. The van der Waals surface area contributed by atoms with Crippen LogP contribution in [-0.4, -0.2) is 6.04 Å². The second-order valence-corrected chi connectivity index (χ2v) is 5.07. The Balaban J connectivity index is 2.17. The zero-order chi connectivity index (χ0) is 11.4. The van der Waals surface area contributed by atoms with Gasteiger partial charge in [-0.15, -0.1) is 0 Å². The van der Waals surface area contributed by atoms with E-state index in [4.69, 9.17) is 4.99 Å². The lowest BCUT2D eigenvalue weighted by atomic mass is 9.88. The van der Waals surface area contributed by atoms with Gasteiger partial charge in [0.1, 0.15) is 0 Å². The van der Waals surface area contributed by atoms with E-state index in [1.165, 1.54) is 31.2 Å². The first-order valence-electron chi connectivity index (χ1n) is 6.35. The van der Waals surface area contributed by atoms with Crippen molar-refractivity contribution in [1.29, 1.82) is 0 Å². The maximum Gasteiger partial charge on any atom is 0.0580 e. The van der Waals surface area contributed by atoms with Gasteiger partial charge in [0, 0.05) is 0 Å². The van der Waals surface area contributed by atoms with Crippen LogP contribution in [0.25, 0.3) is 0 Å². The molecule has 1 fully saturated rings. The zero-order valence-corrected chi connectivity index (χ0v) is 10.3. The normalized spacial score (nSPS) is 26.8. The van der Waals surface area contributed by atoms with Crippen LogP contribution >= 0.6 is 0 Å². The molecule has 0 spiro atoms. The number of hydrogen-bond acceptors (Lipinski definition) is 1. The van der Waals surface area contributed by atoms with Gasteiger partial charge in [-0.25, -0.2) is 0 Å². The predicted octanol–water partition coefficient (Wildman–Crippen LogP) is 3.47. The Morgan fingerprint density at radius 2 is 1.75 bits per heavy atom. The molecule has 0 saturated heterocycles. The van der Waals surface area contributed by atoms with E-state index >= 15 is 0 Å². The average molecular weight is 215 g/mol. The van der Waals surface area contributed by atoms with Crippen LogP contribution in [0.15, 0.2) is 35.3 Å². The average Bonchev–Trinajstić information content (AvgIpc) is 2.46. The fourth-order valence-corrected chi connectivity index (χ4v) is 2.35. The third-order valence-corrected chi connectivity index (χ3v) is 3.43. The van der Waals surface area contributed by atoms with E-state index in [0.717, 1.165) is 11.3 Å². The first-order chi connectivity index (χ1) is 7.74. The summed E-state index contributed by atoms with van der Waals surface area (Å²) in [6, 6.07) is 11.1.